The zero-order chi connectivity index (χ0) is 12.5. The van der Waals surface area contributed by atoms with Gasteiger partial charge in [0, 0.05) is 25.3 Å². The summed E-state index contributed by atoms with van der Waals surface area (Å²) in [5, 5.41) is 3.06. The van der Waals surface area contributed by atoms with E-state index < -0.39 is 0 Å². The Labute approximate surface area is 110 Å². The Hall–Kier alpha value is -0.220. The molecule has 1 N–H and O–H groups in total. The van der Waals surface area contributed by atoms with Gasteiger partial charge in [-0.1, -0.05) is 13.3 Å². The van der Waals surface area contributed by atoms with Gasteiger partial charge in [-0.05, 0) is 38.1 Å². The van der Waals surface area contributed by atoms with Gasteiger partial charge in [0.1, 0.15) is 0 Å². The van der Waals surface area contributed by atoms with Crippen molar-refractivity contribution < 1.29 is 4.79 Å². The molecule has 1 amide bonds. The van der Waals surface area contributed by atoms with Crippen molar-refractivity contribution in [3.63, 3.8) is 0 Å². The summed E-state index contributed by atoms with van der Waals surface area (Å²) < 4.78 is 0. The van der Waals surface area contributed by atoms with Crippen molar-refractivity contribution in [1.82, 2.24) is 10.2 Å². The van der Waals surface area contributed by atoms with E-state index in [1.807, 2.05) is 11.8 Å². The summed E-state index contributed by atoms with van der Waals surface area (Å²) in [6.45, 7) is 5.37. The summed E-state index contributed by atoms with van der Waals surface area (Å²) >= 11 is 1.90. The Bertz CT molecular complexity index is 223. The molecule has 1 rings (SSSR count). The number of nitrogens with zero attached hydrogens (tertiary/aromatic N) is 1. The summed E-state index contributed by atoms with van der Waals surface area (Å²) in [5.74, 6) is 3.05. The minimum Gasteiger partial charge on any atom is -0.356 e. The molecule has 0 bridgehead atoms. The second kappa shape index (κ2) is 8.81. The summed E-state index contributed by atoms with van der Waals surface area (Å²) in [5.41, 5.74) is 0. The Morgan fingerprint density at radius 2 is 2.29 bits per heavy atom. The minimum atomic E-state index is 0.226. The third kappa shape index (κ3) is 6.94. The molecule has 0 aliphatic carbocycles. The molecule has 1 aliphatic rings. The first-order chi connectivity index (χ1) is 8.22. The van der Waals surface area contributed by atoms with Crippen LogP contribution in [0.15, 0.2) is 0 Å². The van der Waals surface area contributed by atoms with Gasteiger partial charge in [-0.3, -0.25) is 4.79 Å². The number of likely N-dealkylation sites (tertiary alicyclic amines) is 1. The lowest BCUT2D eigenvalue weighted by molar-refractivity contribution is -0.120. The predicted molar refractivity (Wildman–Crippen MR) is 75.5 cm³/mol. The molecule has 1 fully saturated rings. The third-order valence-corrected chi connectivity index (χ3v) is 4.26. The van der Waals surface area contributed by atoms with Crippen LogP contribution in [0.5, 0.6) is 0 Å². The number of carbonyl (C=O) groups excluding carboxylic acids is 1. The molecular formula is C13H26N2OS. The van der Waals surface area contributed by atoms with E-state index in [2.05, 4.69) is 24.2 Å². The lowest BCUT2D eigenvalue weighted by Crippen LogP contribution is -2.30. The van der Waals surface area contributed by atoms with Crippen LogP contribution in [0.1, 0.15) is 32.6 Å². The van der Waals surface area contributed by atoms with Crippen LogP contribution in [0.2, 0.25) is 0 Å². The van der Waals surface area contributed by atoms with Crippen LogP contribution in [0.3, 0.4) is 0 Å². The maximum Gasteiger partial charge on any atom is 0.220 e. The fraction of sp³-hybridized carbons (Fsp3) is 0.923. The molecule has 17 heavy (non-hydrogen) atoms. The van der Waals surface area contributed by atoms with Crippen molar-refractivity contribution in [3.05, 3.63) is 0 Å². The SMILES string of the molecule is CCCCSCCC(=O)NC[C@@H]1CCN(C)C1. The van der Waals surface area contributed by atoms with Crippen molar-refractivity contribution in [3.8, 4) is 0 Å². The average molecular weight is 258 g/mol. The lowest BCUT2D eigenvalue weighted by atomic mass is 10.1. The summed E-state index contributed by atoms with van der Waals surface area (Å²) in [4.78, 5) is 13.9. The van der Waals surface area contributed by atoms with Crippen molar-refractivity contribution in [1.29, 1.82) is 0 Å². The molecule has 0 radical (unpaired) electrons. The van der Waals surface area contributed by atoms with Crippen molar-refractivity contribution in [2.45, 2.75) is 32.6 Å². The molecule has 0 aromatic heterocycles. The summed E-state index contributed by atoms with van der Waals surface area (Å²) in [7, 11) is 2.15. The van der Waals surface area contributed by atoms with E-state index in [0.717, 1.165) is 18.8 Å². The van der Waals surface area contributed by atoms with Gasteiger partial charge >= 0.3 is 0 Å². The fourth-order valence-electron chi connectivity index (χ4n) is 2.05. The molecule has 1 saturated heterocycles. The van der Waals surface area contributed by atoms with Gasteiger partial charge in [0.05, 0.1) is 0 Å². The number of carbonyl (C=O) groups is 1. The quantitative estimate of drug-likeness (QED) is 0.676. The first kappa shape index (κ1) is 14.8. The lowest BCUT2D eigenvalue weighted by Gasteiger charge is -2.11. The number of rotatable bonds is 8. The van der Waals surface area contributed by atoms with E-state index >= 15 is 0 Å². The largest absolute Gasteiger partial charge is 0.356 e. The van der Waals surface area contributed by atoms with Crippen LogP contribution in [0.25, 0.3) is 0 Å². The zero-order valence-electron chi connectivity index (χ0n) is 11.2. The molecule has 3 nitrogen and oxygen atoms in total. The smallest absolute Gasteiger partial charge is 0.220 e. The van der Waals surface area contributed by atoms with Gasteiger partial charge in [0.2, 0.25) is 5.91 Å². The van der Waals surface area contributed by atoms with E-state index in [-0.39, 0.29) is 5.91 Å². The minimum absolute atomic E-state index is 0.226. The Morgan fingerprint density at radius 3 is 2.94 bits per heavy atom. The van der Waals surface area contributed by atoms with Crippen LogP contribution in [0, 0.1) is 5.92 Å². The number of hydrogen-bond donors (Lipinski definition) is 1. The van der Waals surface area contributed by atoms with E-state index in [1.54, 1.807) is 0 Å². The van der Waals surface area contributed by atoms with E-state index in [0.29, 0.717) is 12.3 Å². The van der Waals surface area contributed by atoms with Gasteiger partial charge in [-0.15, -0.1) is 0 Å². The summed E-state index contributed by atoms with van der Waals surface area (Å²) in [6.07, 6.45) is 4.41. The third-order valence-electron chi connectivity index (χ3n) is 3.19. The highest BCUT2D eigenvalue weighted by Crippen LogP contribution is 2.13. The monoisotopic (exact) mass is 258 g/mol. The predicted octanol–water partition coefficient (Wildman–Crippen LogP) is 1.98. The van der Waals surface area contributed by atoms with Gasteiger partial charge in [-0.2, -0.15) is 11.8 Å². The van der Waals surface area contributed by atoms with Crippen LogP contribution in [-0.2, 0) is 4.79 Å². The normalized spacial score (nSPS) is 20.7. The molecule has 0 aromatic carbocycles. The zero-order valence-corrected chi connectivity index (χ0v) is 12.0. The number of nitrogens with one attached hydrogen (secondary N) is 1. The van der Waals surface area contributed by atoms with Gasteiger partial charge in [-0.25, -0.2) is 0 Å². The summed E-state index contributed by atoms with van der Waals surface area (Å²) in [6, 6.07) is 0. The highest BCUT2D eigenvalue weighted by Gasteiger charge is 2.19. The fourth-order valence-corrected chi connectivity index (χ4v) is 3.08. The molecule has 0 unspecified atom stereocenters. The highest BCUT2D eigenvalue weighted by atomic mass is 32.2. The topological polar surface area (TPSA) is 32.3 Å². The molecular weight excluding hydrogens is 232 g/mol. The molecule has 4 heteroatoms. The second-order valence-corrected chi connectivity index (χ2v) is 6.16. The van der Waals surface area contributed by atoms with Gasteiger partial charge in [0.25, 0.3) is 0 Å². The first-order valence-electron chi connectivity index (χ1n) is 6.75. The van der Waals surface area contributed by atoms with E-state index in [4.69, 9.17) is 0 Å². The van der Waals surface area contributed by atoms with Gasteiger partial charge in [0.15, 0.2) is 0 Å². The van der Waals surface area contributed by atoms with Crippen molar-refractivity contribution in [2.24, 2.45) is 5.92 Å². The van der Waals surface area contributed by atoms with Crippen molar-refractivity contribution >= 4 is 17.7 Å². The molecule has 1 aliphatic heterocycles. The Kier molecular flexibility index (Phi) is 7.69. The number of unbranched alkanes of at least 4 members (excludes halogenated alkanes) is 1. The highest BCUT2D eigenvalue weighted by molar-refractivity contribution is 7.99. The van der Waals surface area contributed by atoms with Crippen LogP contribution >= 0.6 is 11.8 Å². The maximum absolute atomic E-state index is 11.6. The average Bonchev–Trinajstić information content (AvgIpc) is 2.72. The van der Waals surface area contributed by atoms with Crippen LogP contribution in [-0.4, -0.2) is 49.0 Å². The Morgan fingerprint density at radius 1 is 1.47 bits per heavy atom. The molecule has 0 spiro atoms. The van der Waals surface area contributed by atoms with Crippen LogP contribution < -0.4 is 5.32 Å². The number of thioether (sulfide) groups is 1. The first-order valence-corrected chi connectivity index (χ1v) is 7.90. The van der Waals surface area contributed by atoms with Crippen molar-refractivity contribution in [2.75, 3.05) is 38.2 Å². The second-order valence-electron chi connectivity index (χ2n) is 4.94. The number of hydrogen-bond acceptors (Lipinski definition) is 3. The molecule has 100 valence electrons. The molecule has 0 saturated carbocycles. The molecule has 1 atom stereocenters. The standard InChI is InChI=1S/C13H26N2OS/c1-3-4-8-17-9-6-13(16)14-10-12-5-7-15(2)11-12/h12H,3-11H2,1-2H3,(H,14,16)/t12-/m0/s1. The maximum atomic E-state index is 11.6. The molecule has 1 heterocycles. The van der Waals surface area contributed by atoms with Crippen LogP contribution in [0.4, 0.5) is 0 Å². The number of amides is 1. The Balaban J connectivity index is 1.94. The molecule has 0 aromatic rings. The van der Waals surface area contributed by atoms with Gasteiger partial charge < -0.3 is 10.2 Å². The van der Waals surface area contributed by atoms with E-state index in [9.17, 15) is 4.79 Å². The van der Waals surface area contributed by atoms with E-state index in [1.165, 1.54) is 31.6 Å².